The smallest absolute Gasteiger partial charge is 0.244 e. The van der Waals surface area contributed by atoms with Gasteiger partial charge < -0.3 is 10.2 Å². The van der Waals surface area contributed by atoms with E-state index in [0.29, 0.717) is 0 Å². The van der Waals surface area contributed by atoms with Crippen molar-refractivity contribution < 1.29 is 18.0 Å². The van der Waals surface area contributed by atoms with Crippen LogP contribution in [0, 0.1) is 6.92 Å². The maximum Gasteiger partial charge on any atom is 0.244 e. The molecule has 3 rings (SSSR count). The minimum atomic E-state index is -3.95. The summed E-state index contributed by atoms with van der Waals surface area (Å²) in [6, 6.07) is 9.48. The van der Waals surface area contributed by atoms with Crippen molar-refractivity contribution in [2.45, 2.75) is 64.6 Å². The molecule has 0 aromatic heterocycles. The lowest BCUT2D eigenvalue weighted by Gasteiger charge is -2.33. The van der Waals surface area contributed by atoms with Crippen molar-refractivity contribution in [1.29, 1.82) is 0 Å². The van der Waals surface area contributed by atoms with Crippen molar-refractivity contribution in [3.05, 3.63) is 62.6 Å². The summed E-state index contributed by atoms with van der Waals surface area (Å²) in [6.07, 6.45) is 6.05. The summed E-state index contributed by atoms with van der Waals surface area (Å²) >= 11 is 18.4. The second-order valence-corrected chi connectivity index (χ2v) is 12.6. The molecule has 11 heteroatoms. The van der Waals surface area contributed by atoms with Gasteiger partial charge in [-0.05, 0) is 44.4 Å². The quantitative estimate of drug-likeness (QED) is 0.387. The average Bonchev–Trinajstić information content (AvgIpc) is 2.84. The van der Waals surface area contributed by atoms with Gasteiger partial charge in [-0.3, -0.25) is 13.9 Å². The highest BCUT2D eigenvalue weighted by Gasteiger charge is 2.32. The summed E-state index contributed by atoms with van der Waals surface area (Å²) < 4.78 is 26.4. The molecular formula is C26H32Cl3N3O4S. The molecule has 0 unspecified atom stereocenters. The highest BCUT2D eigenvalue weighted by Crippen LogP contribution is 2.35. The van der Waals surface area contributed by atoms with Gasteiger partial charge in [0.05, 0.1) is 27.0 Å². The maximum absolute atomic E-state index is 13.7. The van der Waals surface area contributed by atoms with Crippen LogP contribution in [-0.2, 0) is 26.2 Å². The van der Waals surface area contributed by atoms with E-state index in [9.17, 15) is 18.0 Å². The summed E-state index contributed by atoms with van der Waals surface area (Å²) in [4.78, 5) is 28.3. The Balaban J connectivity index is 1.91. The molecule has 1 fully saturated rings. The van der Waals surface area contributed by atoms with Crippen molar-refractivity contribution in [3.8, 4) is 0 Å². The highest BCUT2D eigenvalue weighted by atomic mass is 35.5. The van der Waals surface area contributed by atoms with Crippen molar-refractivity contribution in [2.24, 2.45) is 0 Å². The first-order valence-corrected chi connectivity index (χ1v) is 15.1. The summed E-state index contributed by atoms with van der Waals surface area (Å²) in [5.74, 6) is -0.828. The van der Waals surface area contributed by atoms with Gasteiger partial charge in [-0.15, -0.1) is 0 Å². The highest BCUT2D eigenvalue weighted by molar-refractivity contribution is 7.92. The van der Waals surface area contributed by atoms with E-state index in [1.165, 1.54) is 17.0 Å². The largest absolute Gasteiger partial charge is 0.352 e. The second-order valence-electron chi connectivity index (χ2n) is 9.51. The molecular weight excluding hydrogens is 557 g/mol. The summed E-state index contributed by atoms with van der Waals surface area (Å²) in [7, 11) is -3.95. The lowest BCUT2D eigenvalue weighted by Crippen LogP contribution is -2.53. The van der Waals surface area contributed by atoms with Crippen LogP contribution in [0.25, 0.3) is 0 Å². The van der Waals surface area contributed by atoms with Gasteiger partial charge in [0, 0.05) is 12.6 Å². The lowest BCUT2D eigenvalue weighted by atomic mass is 9.95. The van der Waals surface area contributed by atoms with E-state index in [1.54, 1.807) is 6.92 Å². The third-order valence-corrected chi connectivity index (χ3v) is 8.68. The SMILES string of the molecule is Cc1ccc(CN(C(=O)CN(c2cc(Cl)c(Cl)cc2Cl)S(C)(=O)=O)[C@@H](C)C(=O)NC2CCCCC2)cc1. The minimum Gasteiger partial charge on any atom is -0.352 e. The molecule has 1 saturated carbocycles. The number of nitrogens with one attached hydrogen (secondary N) is 1. The first-order chi connectivity index (χ1) is 17.4. The number of amides is 2. The van der Waals surface area contributed by atoms with Crippen LogP contribution in [0.1, 0.15) is 50.2 Å². The molecule has 0 aliphatic heterocycles. The zero-order valence-corrected chi connectivity index (χ0v) is 24.2. The van der Waals surface area contributed by atoms with Crippen LogP contribution in [0.15, 0.2) is 36.4 Å². The van der Waals surface area contributed by atoms with E-state index >= 15 is 0 Å². The number of carbonyl (C=O) groups is 2. The van der Waals surface area contributed by atoms with E-state index in [2.05, 4.69) is 5.32 Å². The average molecular weight is 589 g/mol. The van der Waals surface area contributed by atoms with Crippen LogP contribution >= 0.6 is 34.8 Å². The van der Waals surface area contributed by atoms with Gasteiger partial charge in [-0.1, -0.05) is 83.9 Å². The number of halogens is 3. The molecule has 0 saturated heterocycles. The molecule has 37 heavy (non-hydrogen) atoms. The molecule has 1 N–H and O–H groups in total. The molecule has 7 nitrogen and oxygen atoms in total. The fourth-order valence-electron chi connectivity index (χ4n) is 4.34. The zero-order valence-electron chi connectivity index (χ0n) is 21.1. The molecule has 2 amide bonds. The lowest BCUT2D eigenvalue weighted by molar-refractivity contribution is -0.139. The Morgan fingerprint density at radius 1 is 1.00 bits per heavy atom. The molecule has 0 bridgehead atoms. The Hall–Kier alpha value is -2.00. The molecule has 1 aliphatic rings. The number of hydrogen-bond donors (Lipinski definition) is 1. The minimum absolute atomic E-state index is 0.0285. The molecule has 2 aromatic rings. The predicted molar refractivity (Wildman–Crippen MR) is 150 cm³/mol. The van der Waals surface area contributed by atoms with Gasteiger partial charge in [0.2, 0.25) is 21.8 Å². The molecule has 2 aromatic carbocycles. The number of sulfonamides is 1. The first kappa shape index (κ1) is 29.6. The Labute approximate surface area is 234 Å². The van der Waals surface area contributed by atoms with Gasteiger partial charge >= 0.3 is 0 Å². The van der Waals surface area contributed by atoms with Crippen LogP contribution in [0.2, 0.25) is 15.1 Å². The number of rotatable bonds is 9. The Morgan fingerprint density at radius 3 is 2.19 bits per heavy atom. The van der Waals surface area contributed by atoms with Crippen LogP contribution in [0.3, 0.4) is 0 Å². The van der Waals surface area contributed by atoms with Crippen LogP contribution in [0.5, 0.6) is 0 Å². The Kier molecular flexibility index (Phi) is 10.1. The van der Waals surface area contributed by atoms with Crippen molar-refractivity contribution in [2.75, 3.05) is 17.1 Å². The summed E-state index contributed by atoms with van der Waals surface area (Å²) in [5.41, 5.74) is 1.90. The van der Waals surface area contributed by atoms with Gasteiger partial charge in [0.1, 0.15) is 12.6 Å². The number of benzene rings is 2. The fraction of sp³-hybridized carbons (Fsp3) is 0.462. The molecule has 0 radical (unpaired) electrons. The van der Waals surface area contributed by atoms with Crippen molar-refractivity contribution >= 4 is 62.3 Å². The molecule has 1 aliphatic carbocycles. The topological polar surface area (TPSA) is 86.8 Å². The summed E-state index contributed by atoms with van der Waals surface area (Å²) in [5, 5.41) is 3.35. The third kappa shape index (κ3) is 7.99. The predicted octanol–water partition coefficient (Wildman–Crippen LogP) is 5.59. The number of anilines is 1. The van der Waals surface area contributed by atoms with Gasteiger partial charge in [0.25, 0.3) is 0 Å². The maximum atomic E-state index is 13.7. The van der Waals surface area contributed by atoms with Gasteiger partial charge in [-0.25, -0.2) is 8.42 Å². The van der Waals surface area contributed by atoms with E-state index in [4.69, 9.17) is 34.8 Å². The van der Waals surface area contributed by atoms with E-state index < -0.39 is 28.5 Å². The van der Waals surface area contributed by atoms with Crippen LogP contribution in [0.4, 0.5) is 5.69 Å². The van der Waals surface area contributed by atoms with Gasteiger partial charge in [0.15, 0.2) is 0 Å². The Morgan fingerprint density at radius 2 is 1.59 bits per heavy atom. The van der Waals surface area contributed by atoms with E-state index in [1.807, 2.05) is 31.2 Å². The molecule has 1 atom stereocenters. The van der Waals surface area contributed by atoms with Gasteiger partial charge in [-0.2, -0.15) is 0 Å². The monoisotopic (exact) mass is 587 g/mol. The van der Waals surface area contributed by atoms with E-state index in [-0.39, 0.29) is 39.2 Å². The number of hydrogen-bond acceptors (Lipinski definition) is 4. The number of aryl methyl sites for hydroxylation is 1. The fourth-order valence-corrected chi connectivity index (χ4v) is 5.89. The van der Waals surface area contributed by atoms with Crippen molar-refractivity contribution in [1.82, 2.24) is 10.2 Å². The van der Waals surface area contributed by atoms with E-state index in [0.717, 1.165) is 53.8 Å². The zero-order chi connectivity index (χ0) is 27.3. The third-order valence-electron chi connectivity index (χ3n) is 6.53. The molecule has 0 spiro atoms. The number of carbonyl (C=O) groups excluding carboxylic acids is 2. The van der Waals surface area contributed by atoms with Crippen LogP contribution < -0.4 is 9.62 Å². The molecule has 202 valence electrons. The Bertz CT molecular complexity index is 1230. The molecule has 0 heterocycles. The van der Waals surface area contributed by atoms with Crippen molar-refractivity contribution in [3.63, 3.8) is 0 Å². The summed E-state index contributed by atoms with van der Waals surface area (Å²) in [6.45, 7) is 3.17. The normalized spacial score (nSPS) is 15.2. The number of nitrogens with zero attached hydrogens (tertiary/aromatic N) is 2. The first-order valence-electron chi connectivity index (χ1n) is 12.1. The standard InChI is InChI=1S/C26H32Cl3N3O4S/c1-17-9-11-19(12-10-17)15-31(18(2)26(34)30-20-7-5-4-6-8-20)25(33)16-32(37(3,35)36)24-14-22(28)21(27)13-23(24)29/h9-14,18,20H,4-8,15-16H2,1-3H3,(H,30,34)/t18-/m0/s1. The van der Waals surface area contributed by atoms with Crippen LogP contribution in [-0.4, -0.2) is 50.0 Å². The second kappa shape index (κ2) is 12.7.